The molecule has 0 atom stereocenters. The Hall–Kier alpha value is -3.71. The third-order valence-corrected chi connectivity index (χ3v) is 8.75. The van der Waals surface area contributed by atoms with E-state index in [1.54, 1.807) is 4.68 Å². The van der Waals surface area contributed by atoms with E-state index in [1.165, 1.54) is 19.4 Å². The van der Waals surface area contributed by atoms with E-state index in [4.69, 9.17) is 4.98 Å². The maximum atomic E-state index is 13.8. The number of aryl methyl sites for hydroxylation is 2. The summed E-state index contributed by atoms with van der Waals surface area (Å²) < 4.78 is 1.79. The molecule has 2 saturated carbocycles. The molecule has 200 valence electrons. The van der Waals surface area contributed by atoms with Crippen LogP contribution in [-0.4, -0.2) is 58.3 Å². The summed E-state index contributed by atoms with van der Waals surface area (Å²) in [5.41, 5.74) is 6.49. The Morgan fingerprint density at radius 3 is 2.56 bits per heavy atom. The van der Waals surface area contributed by atoms with Gasteiger partial charge in [0.2, 0.25) is 0 Å². The number of fused-ring (bicyclic) bond motifs is 1. The van der Waals surface area contributed by atoms with Crippen molar-refractivity contribution in [2.75, 3.05) is 37.6 Å². The number of hydrogen-bond acceptors (Lipinski definition) is 5. The van der Waals surface area contributed by atoms with Crippen LogP contribution in [0.5, 0.6) is 0 Å². The van der Waals surface area contributed by atoms with Crippen LogP contribution >= 0.6 is 0 Å². The Balaban J connectivity index is 1.15. The lowest BCUT2D eigenvalue weighted by molar-refractivity contribution is 0.0930. The van der Waals surface area contributed by atoms with Gasteiger partial charge in [0.15, 0.2) is 0 Å². The zero-order valence-corrected chi connectivity index (χ0v) is 22.9. The molecule has 0 radical (unpaired) electrons. The smallest absolute Gasteiger partial charge is 0.252 e. The van der Waals surface area contributed by atoms with Crippen molar-refractivity contribution < 1.29 is 4.79 Å². The van der Waals surface area contributed by atoms with Crippen LogP contribution in [0.4, 0.5) is 5.69 Å². The SMILES string of the molecule is Cc1ccc(N2CCN(CC3CC3)CC2)cc1C(=O)NC1(c2cc(-c3cnn(C)c3)nc3ccccc23)CC1. The number of anilines is 1. The van der Waals surface area contributed by atoms with Crippen molar-refractivity contribution in [1.82, 2.24) is 25.0 Å². The van der Waals surface area contributed by atoms with Gasteiger partial charge >= 0.3 is 0 Å². The third kappa shape index (κ3) is 4.80. The van der Waals surface area contributed by atoms with Gasteiger partial charge in [0.25, 0.3) is 5.91 Å². The van der Waals surface area contributed by atoms with Crippen LogP contribution in [0.3, 0.4) is 0 Å². The molecular weight excluding hydrogens is 484 g/mol. The number of carbonyl (C=O) groups excluding carboxylic acids is 1. The van der Waals surface area contributed by atoms with Gasteiger partial charge in [-0.25, -0.2) is 4.98 Å². The van der Waals surface area contributed by atoms with E-state index in [-0.39, 0.29) is 11.4 Å². The number of hydrogen-bond donors (Lipinski definition) is 1. The summed E-state index contributed by atoms with van der Waals surface area (Å²) >= 11 is 0. The van der Waals surface area contributed by atoms with Gasteiger partial charge < -0.3 is 10.2 Å². The van der Waals surface area contributed by atoms with E-state index in [0.29, 0.717) is 0 Å². The summed E-state index contributed by atoms with van der Waals surface area (Å²) in [4.78, 5) is 23.8. The Morgan fingerprint density at radius 2 is 1.85 bits per heavy atom. The molecule has 1 N–H and O–H groups in total. The largest absolute Gasteiger partial charge is 0.369 e. The van der Waals surface area contributed by atoms with Crippen molar-refractivity contribution in [2.45, 2.75) is 38.1 Å². The van der Waals surface area contributed by atoms with Crippen LogP contribution < -0.4 is 10.2 Å². The lowest BCUT2D eigenvalue weighted by Crippen LogP contribution is -2.47. The Labute approximate surface area is 229 Å². The first-order valence-corrected chi connectivity index (χ1v) is 14.3. The molecule has 2 aromatic heterocycles. The third-order valence-electron chi connectivity index (χ3n) is 8.75. The summed E-state index contributed by atoms with van der Waals surface area (Å²) in [5.74, 6) is 0.932. The normalized spacial score (nSPS) is 18.9. The summed E-state index contributed by atoms with van der Waals surface area (Å²) in [6, 6.07) is 16.8. The van der Waals surface area contributed by atoms with E-state index < -0.39 is 0 Å². The number of aromatic nitrogens is 3. The second-order valence-corrected chi connectivity index (χ2v) is 11.7. The number of carbonyl (C=O) groups is 1. The highest BCUT2D eigenvalue weighted by Crippen LogP contribution is 2.49. The van der Waals surface area contributed by atoms with Crippen molar-refractivity contribution in [2.24, 2.45) is 13.0 Å². The van der Waals surface area contributed by atoms with Gasteiger partial charge in [-0.2, -0.15) is 5.10 Å². The number of amides is 1. The van der Waals surface area contributed by atoms with E-state index in [9.17, 15) is 4.79 Å². The zero-order chi connectivity index (χ0) is 26.6. The predicted octanol–water partition coefficient (Wildman–Crippen LogP) is 4.89. The molecule has 3 fully saturated rings. The van der Waals surface area contributed by atoms with Crippen LogP contribution in [0, 0.1) is 12.8 Å². The van der Waals surface area contributed by atoms with E-state index >= 15 is 0 Å². The fourth-order valence-electron chi connectivity index (χ4n) is 6.05. The minimum Gasteiger partial charge on any atom is -0.369 e. The molecule has 1 amide bonds. The lowest BCUT2D eigenvalue weighted by atomic mass is 9.96. The van der Waals surface area contributed by atoms with Gasteiger partial charge in [-0.15, -0.1) is 0 Å². The second-order valence-electron chi connectivity index (χ2n) is 11.7. The molecule has 2 aliphatic carbocycles. The van der Waals surface area contributed by atoms with Crippen LogP contribution in [0.25, 0.3) is 22.2 Å². The topological polar surface area (TPSA) is 66.3 Å². The van der Waals surface area contributed by atoms with E-state index in [1.807, 2.05) is 38.5 Å². The Morgan fingerprint density at radius 1 is 1.05 bits per heavy atom. The highest BCUT2D eigenvalue weighted by molar-refractivity contribution is 5.98. The molecule has 7 heteroatoms. The summed E-state index contributed by atoms with van der Waals surface area (Å²) in [6.45, 7) is 7.52. The number of para-hydroxylation sites is 1. The zero-order valence-electron chi connectivity index (χ0n) is 22.9. The molecule has 0 unspecified atom stereocenters. The molecule has 3 aliphatic rings. The maximum Gasteiger partial charge on any atom is 0.252 e. The van der Waals surface area contributed by atoms with Crippen LogP contribution in [0.2, 0.25) is 0 Å². The van der Waals surface area contributed by atoms with Crippen molar-refractivity contribution in [3.63, 3.8) is 0 Å². The van der Waals surface area contributed by atoms with Gasteiger partial charge in [-0.3, -0.25) is 14.4 Å². The molecule has 1 aliphatic heterocycles. The Kier molecular flexibility index (Phi) is 5.92. The average Bonchev–Trinajstić information content (AvgIpc) is 3.88. The van der Waals surface area contributed by atoms with Crippen molar-refractivity contribution >= 4 is 22.5 Å². The molecule has 7 nitrogen and oxygen atoms in total. The van der Waals surface area contributed by atoms with Crippen molar-refractivity contribution in [3.05, 3.63) is 77.6 Å². The predicted molar refractivity (Wildman–Crippen MR) is 155 cm³/mol. The number of nitrogens with one attached hydrogen (secondary N) is 1. The van der Waals surface area contributed by atoms with Gasteiger partial charge in [0, 0.05) is 68.2 Å². The summed E-state index contributed by atoms with van der Waals surface area (Å²) in [6.07, 6.45) is 8.47. The monoisotopic (exact) mass is 520 g/mol. The first-order valence-electron chi connectivity index (χ1n) is 14.3. The van der Waals surface area contributed by atoms with Gasteiger partial charge in [0.1, 0.15) is 0 Å². The minimum atomic E-state index is -0.381. The molecule has 7 rings (SSSR count). The molecule has 4 aromatic rings. The number of piperazine rings is 1. The fraction of sp³-hybridized carbons (Fsp3) is 0.406. The molecular formula is C32H36N6O. The van der Waals surface area contributed by atoms with Crippen molar-refractivity contribution in [3.8, 4) is 11.3 Å². The van der Waals surface area contributed by atoms with Gasteiger partial charge in [0.05, 0.1) is 22.9 Å². The van der Waals surface area contributed by atoms with Crippen molar-refractivity contribution in [1.29, 1.82) is 0 Å². The van der Waals surface area contributed by atoms with Gasteiger partial charge in [-0.05, 0) is 73.9 Å². The number of pyridine rings is 1. The quantitative estimate of drug-likeness (QED) is 0.376. The molecule has 0 spiro atoms. The first-order chi connectivity index (χ1) is 19.0. The number of rotatable bonds is 7. The van der Waals surface area contributed by atoms with Crippen LogP contribution in [0.15, 0.2) is 60.9 Å². The molecule has 1 saturated heterocycles. The average molecular weight is 521 g/mol. The second kappa shape index (κ2) is 9.49. The lowest BCUT2D eigenvalue weighted by Gasteiger charge is -2.36. The number of benzene rings is 2. The number of nitrogens with zero attached hydrogens (tertiary/aromatic N) is 5. The highest BCUT2D eigenvalue weighted by Gasteiger charge is 2.47. The molecule has 39 heavy (non-hydrogen) atoms. The van der Waals surface area contributed by atoms with Crippen LogP contribution in [-0.2, 0) is 12.6 Å². The minimum absolute atomic E-state index is 0.00282. The fourth-order valence-corrected chi connectivity index (χ4v) is 6.05. The molecule has 2 aromatic carbocycles. The van der Waals surface area contributed by atoms with E-state index in [0.717, 1.165) is 89.5 Å². The molecule has 0 bridgehead atoms. The van der Waals surface area contributed by atoms with E-state index in [2.05, 4.69) is 56.6 Å². The summed E-state index contributed by atoms with van der Waals surface area (Å²) in [7, 11) is 1.92. The van der Waals surface area contributed by atoms with Gasteiger partial charge in [-0.1, -0.05) is 24.3 Å². The van der Waals surface area contributed by atoms with Crippen LogP contribution in [0.1, 0.15) is 47.2 Å². The molecule has 3 heterocycles. The summed E-state index contributed by atoms with van der Waals surface area (Å²) in [5, 5.41) is 8.91. The maximum absolute atomic E-state index is 13.8. The highest BCUT2D eigenvalue weighted by atomic mass is 16.1. The first kappa shape index (κ1) is 24.3. The standard InChI is InChI=1S/C32H36N6O/c1-22-7-10-25(38-15-13-37(14-16-38)20-23-8-9-23)17-27(22)31(39)35-32(11-12-32)28-18-30(24-19-33-36(2)21-24)34-29-6-4-3-5-26(28)29/h3-7,10,17-19,21,23H,8-9,11-16,20H2,1-2H3,(H,35,39). The Bertz CT molecular complexity index is 1540.